The van der Waals surface area contributed by atoms with Crippen molar-refractivity contribution in [3.63, 3.8) is 0 Å². The van der Waals surface area contributed by atoms with E-state index < -0.39 is 0 Å². The number of anilines is 1. The van der Waals surface area contributed by atoms with Crippen LogP contribution in [0.3, 0.4) is 0 Å². The zero-order valence-electron chi connectivity index (χ0n) is 13.1. The molecule has 6 heteroatoms. The number of aromatic nitrogens is 2. The second kappa shape index (κ2) is 7.40. The van der Waals surface area contributed by atoms with Gasteiger partial charge in [-0.15, -0.1) is 0 Å². The monoisotopic (exact) mass is 299 g/mol. The third-order valence-electron chi connectivity index (χ3n) is 3.34. The van der Waals surface area contributed by atoms with Crippen LogP contribution in [0.1, 0.15) is 35.6 Å². The summed E-state index contributed by atoms with van der Waals surface area (Å²) in [5.41, 5.74) is 5.72. The highest BCUT2D eigenvalue weighted by atomic mass is 16.2. The van der Waals surface area contributed by atoms with E-state index in [4.69, 9.17) is 0 Å². The van der Waals surface area contributed by atoms with Gasteiger partial charge in [-0.25, -0.2) is 5.43 Å². The standard InChI is InChI=1S/C16H21N5O/c1-4-21(5-2)14-8-6-13(7-9-14)11-17-20-16(22)15-10-12(3)18-19-15/h6-11H,4-5H2,1-3H3,(H,18,19)(H,20,22). The van der Waals surface area contributed by atoms with Crippen molar-refractivity contribution in [2.75, 3.05) is 18.0 Å². The molecule has 1 amide bonds. The minimum absolute atomic E-state index is 0.325. The number of carbonyl (C=O) groups excluding carboxylic acids is 1. The van der Waals surface area contributed by atoms with E-state index in [9.17, 15) is 4.79 Å². The zero-order chi connectivity index (χ0) is 15.9. The van der Waals surface area contributed by atoms with Gasteiger partial charge in [-0.2, -0.15) is 10.2 Å². The molecule has 0 aliphatic carbocycles. The molecule has 0 unspecified atom stereocenters. The summed E-state index contributed by atoms with van der Waals surface area (Å²) in [4.78, 5) is 14.0. The molecule has 1 heterocycles. The SMILES string of the molecule is CCN(CC)c1ccc(C=NNC(=O)c2cc(C)[nH]n2)cc1. The van der Waals surface area contributed by atoms with Crippen LogP contribution in [0.5, 0.6) is 0 Å². The van der Waals surface area contributed by atoms with E-state index in [0.717, 1.165) is 24.3 Å². The molecule has 2 N–H and O–H groups in total. The van der Waals surface area contributed by atoms with Crippen LogP contribution in [0, 0.1) is 6.92 Å². The normalized spacial score (nSPS) is 10.9. The van der Waals surface area contributed by atoms with Crippen LogP contribution in [0.15, 0.2) is 35.4 Å². The number of hydrogen-bond acceptors (Lipinski definition) is 4. The number of amides is 1. The average molecular weight is 299 g/mol. The average Bonchev–Trinajstić information content (AvgIpc) is 2.96. The van der Waals surface area contributed by atoms with Crippen molar-refractivity contribution < 1.29 is 4.79 Å². The third-order valence-corrected chi connectivity index (χ3v) is 3.34. The van der Waals surface area contributed by atoms with E-state index in [-0.39, 0.29) is 5.91 Å². The first-order chi connectivity index (χ1) is 10.6. The molecule has 0 saturated carbocycles. The van der Waals surface area contributed by atoms with Crippen molar-refractivity contribution in [1.82, 2.24) is 15.6 Å². The summed E-state index contributed by atoms with van der Waals surface area (Å²) in [6, 6.07) is 9.72. The maximum Gasteiger partial charge on any atom is 0.291 e. The Morgan fingerprint density at radius 3 is 2.55 bits per heavy atom. The molecule has 22 heavy (non-hydrogen) atoms. The largest absolute Gasteiger partial charge is 0.372 e. The van der Waals surface area contributed by atoms with Crippen molar-refractivity contribution in [3.05, 3.63) is 47.3 Å². The van der Waals surface area contributed by atoms with Crippen LogP contribution < -0.4 is 10.3 Å². The quantitative estimate of drug-likeness (QED) is 0.635. The zero-order valence-corrected chi connectivity index (χ0v) is 13.1. The van der Waals surface area contributed by atoms with Crippen LogP contribution in [0.25, 0.3) is 0 Å². The van der Waals surface area contributed by atoms with Gasteiger partial charge in [-0.1, -0.05) is 12.1 Å². The Labute approximate surface area is 130 Å². The Morgan fingerprint density at radius 1 is 1.32 bits per heavy atom. The Kier molecular flexibility index (Phi) is 5.30. The summed E-state index contributed by atoms with van der Waals surface area (Å²) in [5.74, 6) is -0.333. The number of hydrogen-bond donors (Lipinski definition) is 2. The molecule has 1 aromatic carbocycles. The van der Waals surface area contributed by atoms with E-state index in [1.165, 1.54) is 5.69 Å². The summed E-state index contributed by atoms with van der Waals surface area (Å²) in [5, 5.41) is 10.5. The lowest BCUT2D eigenvalue weighted by atomic mass is 10.2. The molecule has 0 aliphatic heterocycles. The number of nitrogens with one attached hydrogen (secondary N) is 2. The minimum atomic E-state index is -0.333. The molecule has 2 aromatic rings. The molecule has 2 rings (SSSR count). The number of aromatic amines is 1. The van der Waals surface area contributed by atoms with Gasteiger partial charge in [-0.3, -0.25) is 9.89 Å². The molecular formula is C16H21N5O. The lowest BCUT2D eigenvalue weighted by Gasteiger charge is -2.20. The van der Waals surface area contributed by atoms with Crippen LogP contribution in [0.4, 0.5) is 5.69 Å². The fraction of sp³-hybridized carbons (Fsp3) is 0.312. The summed E-state index contributed by atoms with van der Waals surface area (Å²) in [6.07, 6.45) is 1.61. The lowest BCUT2D eigenvalue weighted by Crippen LogP contribution is -2.21. The van der Waals surface area contributed by atoms with E-state index >= 15 is 0 Å². The number of benzene rings is 1. The number of nitrogens with zero attached hydrogens (tertiary/aromatic N) is 3. The Hall–Kier alpha value is -2.63. The highest BCUT2D eigenvalue weighted by Crippen LogP contribution is 2.13. The minimum Gasteiger partial charge on any atom is -0.372 e. The van der Waals surface area contributed by atoms with Gasteiger partial charge in [-0.05, 0) is 44.5 Å². The van der Waals surface area contributed by atoms with Gasteiger partial charge in [0.15, 0.2) is 5.69 Å². The molecule has 0 saturated heterocycles. The fourth-order valence-electron chi connectivity index (χ4n) is 2.12. The predicted molar refractivity (Wildman–Crippen MR) is 88.4 cm³/mol. The van der Waals surface area contributed by atoms with Crippen molar-refractivity contribution in [1.29, 1.82) is 0 Å². The van der Waals surface area contributed by atoms with Crippen LogP contribution in [0.2, 0.25) is 0 Å². The first-order valence-corrected chi connectivity index (χ1v) is 7.34. The van der Waals surface area contributed by atoms with Gasteiger partial charge in [0.1, 0.15) is 0 Å². The summed E-state index contributed by atoms with van der Waals surface area (Å²) in [7, 11) is 0. The predicted octanol–water partition coefficient (Wildman–Crippen LogP) is 2.33. The van der Waals surface area contributed by atoms with Gasteiger partial charge in [0.05, 0.1) is 6.21 Å². The van der Waals surface area contributed by atoms with E-state index in [0.29, 0.717) is 5.69 Å². The number of aryl methyl sites for hydroxylation is 1. The summed E-state index contributed by atoms with van der Waals surface area (Å²) in [6.45, 7) is 8.05. The van der Waals surface area contributed by atoms with E-state index in [1.54, 1.807) is 12.3 Å². The Bertz CT molecular complexity index is 641. The highest BCUT2D eigenvalue weighted by Gasteiger charge is 2.07. The fourth-order valence-corrected chi connectivity index (χ4v) is 2.12. The molecule has 116 valence electrons. The van der Waals surface area contributed by atoms with Gasteiger partial charge in [0, 0.05) is 24.5 Å². The molecule has 0 radical (unpaired) electrons. The first-order valence-electron chi connectivity index (χ1n) is 7.34. The number of carbonyl (C=O) groups is 1. The molecule has 0 fully saturated rings. The van der Waals surface area contributed by atoms with E-state index in [1.807, 2.05) is 31.2 Å². The lowest BCUT2D eigenvalue weighted by molar-refractivity contribution is 0.0950. The second-order valence-electron chi connectivity index (χ2n) is 4.90. The van der Waals surface area contributed by atoms with Crippen LogP contribution in [-0.2, 0) is 0 Å². The third kappa shape index (κ3) is 3.94. The Balaban J connectivity index is 1.94. The molecule has 6 nitrogen and oxygen atoms in total. The molecule has 0 bridgehead atoms. The number of H-pyrrole nitrogens is 1. The van der Waals surface area contributed by atoms with Gasteiger partial charge >= 0.3 is 0 Å². The number of rotatable bonds is 6. The topological polar surface area (TPSA) is 73.4 Å². The van der Waals surface area contributed by atoms with Crippen LogP contribution >= 0.6 is 0 Å². The molecule has 0 aliphatic rings. The van der Waals surface area contributed by atoms with Crippen molar-refractivity contribution in [2.45, 2.75) is 20.8 Å². The van der Waals surface area contributed by atoms with Crippen LogP contribution in [-0.4, -0.2) is 35.4 Å². The first kappa shape index (κ1) is 15.8. The maximum absolute atomic E-state index is 11.8. The van der Waals surface area contributed by atoms with Crippen molar-refractivity contribution in [2.24, 2.45) is 5.10 Å². The van der Waals surface area contributed by atoms with E-state index in [2.05, 4.69) is 39.5 Å². The second-order valence-corrected chi connectivity index (χ2v) is 4.90. The molecule has 1 aromatic heterocycles. The van der Waals surface area contributed by atoms with Crippen molar-refractivity contribution >= 4 is 17.8 Å². The van der Waals surface area contributed by atoms with Crippen molar-refractivity contribution in [3.8, 4) is 0 Å². The van der Waals surface area contributed by atoms with Gasteiger partial charge in [0.2, 0.25) is 0 Å². The van der Waals surface area contributed by atoms with Gasteiger partial charge < -0.3 is 4.90 Å². The maximum atomic E-state index is 11.8. The summed E-state index contributed by atoms with van der Waals surface area (Å²) >= 11 is 0. The Morgan fingerprint density at radius 2 is 2.00 bits per heavy atom. The number of hydrazone groups is 1. The molecule has 0 spiro atoms. The smallest absolute Gasteiger partial charge is 0.291 e. The molecular weight excluding hydrogens is 278 g/mol. The molecule has 0 atom stereocenters. The summed E-state index contributed by atoms with van der Waals surface area (Å²) < 4.78 is 0. The van der Waals surface area contributed by atoms with Gasteiger partial charge in [0.25, 0.3) is 5.91 Å². The highest BCUT2D eigenvalue weighted by molar-refractivity contribution is 5.93.